The molecule has 0 saturated heterocycles. The van der Waals surface area contributed by atoms with E-state index in [4.69, 9.17) is 21.1 Å². The first-order valence-corrected chi connectivity index (χ1v) is 6.30. The van der Waals surface area contributed by atoms with E-state index >= 15 is 0 Å². The fourth-order valence-corrected chi connectivity index (χ4v) is 2.46. The molecule has 0 bridgehead atoms. The molecule has 17 heavy (non-hydrogen) atoms. The molecular formula is C14H21ClO2. The third kappa shape index (κ3) is 3.70. The van der Waals surface area contributed by atoms with Gasteiger partial charge in [-0.2, -0.15) is 0 Å². The number of benzene rings is 1. The van der Waals surface area contributed by atoms with Crippen molar-refractivity contribution in [2.45, 2.75) is 25.2 Å². The number of halogens is 1. The van der Waals surface area contributed by atoms with Crippen LogP contribution < -0.4 is 0 Å². The highest BCUT2D eigenvalue weighted by Crippen LogP contribution is 2.31. The first-order valence-electron chi connectivity index (χ1n) is 5.92. The second kappa shape index (κ2) is 7.00. The van der Waals surface area contributed by atoms with Crippen LogP contribution in [0.5, 0.6) is 0 Å². The Kier molecular flexibility index (Phi) is 5.96. The van der Waals surface area contributed by atoms with Gasteiger partial charge in [0.15, 0.2) is 0 Å². The van der Waals surface area contributed by atoms with Crippen molar-refractivity contribution in [3.8, 4) is 0 Å². The molecule has 0 aliphatic rings. The molecule has 1 rings (SSSR count). The van der Waals surface area contributed by atoms with Crippen LogP contribution in [0.4, 0.5) is 0 Å². The molecule has 0 spiro atoms. The van der Waals surface area contributed by atoms with Crippen molar-refractivity contribution in [2.24, 2.45) is 0 Å². The Morgan fingerprint density at radius 2 is 1.59 bits per heavy atom. The van der Waals surface area contributed by atoms with Crippen molar-refractivity contribution in [3.05, 3.63) is 34.9 Å². The molecule has 0 radical (unpaired) electrons. The van der Waals surface area contributed by atoms with Gasteiger partial charge in [-0.1, -0.05) is 37.1 Å². The monoisotopic (exact) mass is 256 g/mol. The summed E-state index contributed by atoms with van der Waals surface area (Å²) in [6.45, 7) is 3.50. The molecule has 0 amide bonds. The van der Waals surface area contributed by atoms with Gasteiger partial charge in [0.25, 0.3) is 0 Å². The first-order chi connectivity index (χ1) is 8.18. The molecule has 0 aliphatic carbocycles. The third-order valence-electron chi connectivity index (χ3n) is 3.03. The van der Waals surface area contributed by atoms with Gasteiger partial charge in [0.2, 0.25) is 0 Å². The highest BCUT2D eigenvalue weighted by atomic mass is 35.5. The molecule has 0 fully saturated rings. The fourth-order valence-electron chi connectivity index (χ4n) is 2.33. The number of ether oxygens (including phenoxy) is 2. The van der Waals surface area contributed by atoms with Crippen LogP contribution in [0.15, 0.2) is 24.3 Å². The summed E-state index contributed by atoms with van der Waals surface area (Å²) >= 11 is 5.93. The van der Waals surface area contributed by atoms with E-state index in [0.29, 0.717) is 13.2 Å². The summed E-state index contributed by atoms with van der Waals surface area (Å²) in [5.41, 5.74) is 1.16. The molecule has 1 aromatic carbocycles. The minimum atomic E-state index is -0.0666. The van der Waals surface area contributed by atoms with Gasteiger partial charge in [0.05, 0.1) is 13.2 Å². The number of hydrogen-bond donors (Lipinski definition) is 0. The van der Waals surface area contributed by atoms with Crippen molar-refractivity contribution in [2.75, 3.05) is 27.4 Å². The quantitative estimate of drug-likeness (QED) is 0.741. The standard InChI is InChI=1S/C14H21ClO2/c1-4-9-14(10-16-2,11-17-3)12-5-7-13(15)8-6-12/h5-8H,4,9-11H2,1-3H3. The van der Waals surface area contributed by atoms with Crippen molar-refractivity contribution in [1.82, 2.24) is 0 Å². The molecule has 3 heteroatoms. The Bertz CT molecular complexity index is 304. The van der Waals surface area contributed by atoms with Gasteiger partial charge in [-0.15, -0.1) is 0 Å². The first kappa shape index (κ1) is 14.5. The fraction of sp³-hybridized carbons (Fsp3) is 0.571. The largest absolute Gasteiger partial charge is 0.384 e. The predicted molar refractivity (Wildman–Crippen MR) is 71.8 cm³/mol. The van der Waals surface area contributed by atoms with Gasteiger partial charge >= 0.3 is 0 Å². The van der Waals surface area contributed by atoms with Gasteiger partial charge in [-0.05, 0) is 24.1 Å². The molecule has 0 saturated carbocycles. The van der Waals surface area contributed by atoms with Gasteiger partial charge in [0.1, 0.15) is 0 Å². The lowest BCUT2D eigenvalue weighted by Crippen LogP contribution is -2.36. The molecule has 1 aromatic rings. The summed E-state index contributed by atoms with van der Waals surface area (Å²) in [5.74, 6) is 0. The number of hydrogen-bond acceptors (Lipinski definition) is 2. The Balaban J connectivity index is 3.04. The summed E-state index contributed by atoms with van der Waals surface area (Å²) in [7, 11) is 3.46. The van der Waals surface area contributed by atoms with Crippen LogP contribution in [0, 0.1) is 0 Å². The summed E-state index contributed by atoms with van der Waals surface area (Å²) in [4.78, 5) is 0. The zero-order valence-electron chi connectivity index (χ0n) is 10.8. The third-order valence-corrected chi connectivity index (χ3v) is 3.28. The second-order valence-electron chi connectivity index (χ2n) is 4.40. The summed E-state index contributed by atoms with van der Waals surface area (Å²) in [5, 5.41) is 0.758. The minimum absolute atomic E-state index is 0.0666. The zero-order valence-corrected chi connectivity index (χ0v) is 11.6. The van der Waals surface area contributed by atoms with Gasteiger partial charge < -0.3 is 9.47 Å². The van der Waals surface area contributed by atoms with E-state index < -0.39 is 0 Å². The topological polar surface area (TPSA) is 18.5 Å². The van der Waals surface area contributed by atoms with E-state index in [1.54, 1.807) is 14.2 Å². The maximum atomic E-state index is 5.93. The van der Waals surface area contributed by atoms with Crippen molar-refractivity contribution in [3.63, 3.8) is 0 Å². The summed E-state index contributed by atoms with van der Waals surface area (Å²) in [6.07, 6.45) is 2.13. The lowest BCUT2D eigenvalue weighted by Gasteiger charge is -2.33. The lowest BCUT2D eigenvalue weighted by atomic mass is 9.78. The maximum Gasteiger partial charge on any atom is 0.0581 e. The maximum absolute atomic E-state index is 5.93. The van der Waals surface area contributed by atoms with E-state index in [0.717, 1.165) is 17.9 Å². The average molecular weight is 257 g/mol. The summed E-state index contributed by atoms with van der Waals surface area (Å²) in [6, 6.07) is 7.98. The average Bonchev–Trinajstić information content (AvgIpc) is 2.30. The predicted octanol–water partition coefficient (Wildman–Crippen LogP) is 3.67. The molecule has 0 aliphatic heterocycles. The number of methoxy groups -OCH3 is 2. The Morgan fingerprint density at radius 3 is 2.00 bits per heavy atom. The van der Waals surface area contributed by atoms with Crippen LogP contribution in [-0.2, 0) is 14.9 Å². The van der Waals surface area contributed by atoms with Crippen LogP contribution in [0.3, 0.4) is 0 Å². The highest BCUT2D eigenvalue weighted by Gasteiger charge is 2.31. The van der Waals surface area contributed by atoms with Crippen LogP contribution in [0.1, 0.15) is 25.3 Å². The number of rotatable bonds is 7. The van der Waals surface area contributed by atoms with E-state index in [1.165, 1.54) is 5.56 Å². The normalized spacial score (nSPS) is 11.8. The van der Waals surface area contributed by atoms with Crippen LogP contribution in [0.25, 0.3) is 0 Å². The zero-order chi connectivity index (χ0) is 12.7. The molecule has 0 unspecified atom stereocenters. The molecule has 0 aromatic heterocycles. The lowest BCUT2D eigenvalue weighted by molar-refractivity contribution is 0.0538. The minimum Gasteiger partial charge on any atom is -0.384 e. The van der Waals surface area contributed by atoms with E-state index in [1.807, 2.05) is 12.1 Å². The molecule has 0 atom stereocenters. The smallest absolute Gasteiger partial charge is 0.0581 e. The molecule has 2 nitrogen and oxygen atoms in total. The van der Waals surface area contributed by atoms with E-state index in [9.17, 15) is 0 Å². The molecule has 0 N–H and O–H groups in total. The van der Waals surface area contributed by atoms with E-state index in [-0.39, 0.29) is 5.41 Å². The second-order valence-corrected chi connectivity index (χ2v) is 4.84. The van der Waals surface area contributed by atoms with Gasteiger partial charge in [0, 0.05) is 24.7 Å². The van der Waals surface area contributed by atoms with Gasteiger partial charge in [-0.3, -0.25) is 0 Å². The van der Waals surface area contributed by atoms with Crippen LogP contribution in [0.2, 0.25) is 5.02 Å². The van der Waals surface area contributed by atoms with Crippen molar-refractivity contribution >= 4 is 11.6 Å². The summed E-state index contributed by atoms with van der Waals surface area (Å²) < 4.78 is 10.8. The van der Waals surface area contributed by atoms with E-state index in [2.05, 4.69) is 19.1 Å². The van der Waals surface area contributed by atoms with Gasteiger partial charge in [-0.25, -0.2) is 0 Å². The SMILES string of the molecule is CCCC(COC)(COC)c1ccc(Cl)cc1. The Hall–Kier alpha value is -0.570. The van der Waals surface area contributed by atoms with Crippen LogP contribution in [-0.4, -0.2) is 27.4 Å². The Morgan fingerprint density at radius 1 is 1.06 bits per heavy atom. The highest BCUT2D eigenvalue weighted by molar-refractivity contribution is 6.30. The molecule has 96 valence electrons. The van der Waals surface area contributed by atoms with Crippen LogP contribution >= 0.6 is 11.6 Å². The Labute approximate surface area is 109 Å². The van der Waals surface area contributed by atoms with Crippen molar-refractivity contribution < 1.29 is 9.47 Å². The molecule has 0 heterocycles. The molecular weight excluding hydrogens is 236 g/mol. The van der Waals surface area contributed by atoms with Crippen molar-refractivity contribution in [1.29, 1.82) is 0 Å².